The summed E-state index contributed by atoms with van der Waals surface area (Å²) in [6.07, 6.45) is 8.35. The molecule has 0 aliphatic carbocycles. The maximum absolute atomic E-state index is 13.6. The van der Waals surface area contributed by atoms with Gasteiger partial charge in [-0.2, -0.15) is 0 Å². The van der Waals surface area contributed by atoms with E-state index in [-0.39, 0.29) is 30.6 Å². The monoisotopic (exact) mass is 485 g/mol. The van der Waals surface area contributed by atoms with Crippen LogP contribution in [0.2, 0.25) is 0 Å². The number of aliphatic hydroxyl groups is 1. The van der Waals surface area contributed by atoms with E-state index in [2.05, 4.69) is 38.6 Å². The van der Waals surface area contributed by atoms with Crippen molar-refractivity contribution >= 4 is 5.91 Å². The molecule has 1 N–H and O–H groups in total. The molecule has 3 aromatic heterocycles. The molecule has 4 rings (SSSR count). The van der Waals surface area contributed by atoms with Crippen molar-refractivity contribution < 1.29 is 14.6 Å². The second-order valence-corrected chi connectivity index (χ2v) is 9.24. The number of ether oxygens (including phenoxy) is 1. The fourth-order valence-corrected chi connectivity index (χ4v) is 4.14. The van der Waals surface area contributed by atoms with Crippen LogP contribution in [0.15, 0.2) is 61.3 Å². The Morgan fingerprint density at radius 1 is 1.14 bits per heavy atom. The van der Waals surface area contributed by atoms with Gasteiger partial charge in [0.2, 0.25) is 5.88 Å². The van der Waals surface area contributed by atoms with Gasteiger partial charge in [-0.05, 0) is 49.9 Å². The smallest absolute Gasteiger partial charge is 0.259 e. The molecule has 8 nitrogen and oxygen atoms in total. The molecule has 0 saturated carbocycles. The van der Waals surface area contributed by atoms with Gasteiger partial charge in [-0.1, -0.05) is 18.8 Å². The molecular formula is C28H31N5O3. The average molecular weight is 486 g/mol. The Morgan fingerprint density at radius 3 is 2.50 bits per heavy atom. The van der Waals surface area contributed by atoms with E-state index in [1.54, 1.807) is 42.0 Å². The van der Waals surface area contributed by atoms with Crippen LogP contribution in [-0.4, -0.2) is 74.7 Å². The first-order chi connectivity index (χ1) is 17.4. The largest absolute Gasteiger partial charge is 0.472 e. The number of fused-ring (bicyclic) bond motifs is 1. The van der Waals surface area contributed by atoms with Gasteiger partial charge < -0.3 is 14.7 Å². The maximum atomic E-state index is 13.6. The molecule has 0 radical (unpaired) electrons. The van der Waals surface area contributed by atoms with Crippen LogP contribution in [0, 0.1) is 17.8 Å². The number of pyridine rings is 3. The molecule has 0 saturated heterocycles. The number of carbonyl (C=O) groups is 1. The number of nitrogens with zero attached hydrogens (tertiary/aromatic N) is 5. The standard InChI is InChI=1S/C28H31N5O3/c1-20-16-33(21(2)19-34)28(35)25-14-24(5-4-22-6-10-29-11-7-22)15-31-27(25)36-26(20)18-32(3)17-23-8-12-30-13-9-23/h6-15,20-21,26,34H,16-19H2,1-3H3/t20-,21+,26+/m1/s1. The van der Waals surface area contributed by atoms with Crippen LogP contribution >= 0.6 is 0 Å². The van der Waals surface area contributed by atoms with E-state index in [9.17, 15) is 9.90 Å². The van der Waals surface area contributed by atoms with Gasteiger partial charge in [0.05, 0.1) is 12.6 Å². The number of likely N-dealkylation sites (N-methyl/N-ethyl adjacent to an activating group) is 1. The van der Waals surface area contributed by atoms with Gasteiger partial charge in [0.15, 0.2) is 0 Å². The van der Waals surface area contributed by atoms with Crippen LogP contribution in [0.5, 0.6) is 5.88 Å². The normalized spacial score (nSPS) is 18.4. The van der Waals surface area contributed by atoms with Crippen LogP contribution < -0.4 is 4.74 Å². The van der Waals surface area contributed by atoms with Crippen molar-refractivity contribution in [3.63, 3.8) is 0 Å². The van der Waals surface area contributed by atoms with Gasteiger partial charge in [-0.25, -0.2) is 4.98 Å². The molecule has 4 heterocycles. The quantitative estimate of drug-likeness (QED) is 0.537. The molecule has 0 fully saturated rings. The van der Waals surface area contributed by atoms with Crippen LogP contribution in [0.25, 0.3) is 0 Å². The fourth-order valence-electron chi connectivity index (χ4n) is 4.14. The van der Waals surface area contributed by atoms with E-state index in [1.165, 1.54) is 0 Å². The van der Waals surface area contributed by atoms with Crippen molar-refractivity contribution in [1.82, 2.24) is 24.8 Å². The van der Waals surface area contributed by atoms with Crippen molar-refractivity contribution in [2.45, 2.75) is 32.5 Å². The van der Waals surface area contributed by atoms with E-state index >= 15 is 0 Å². The summed E-state index contributed by atoms with van der Waals surface area (Å²) < 4.78 is 6.38. The zero-order valence-electron chi connectivity index (χ0n) is 20.8. The molecule has 186 valence electrons. The van der Waals surface area contributed by atoms with Crippen molar-refractivity contribution in [2.75, 3.05) is 26.7 Å². The summed E-state index contributed by atoms with van der Waals surface area (Å²) in [5.74, 6) is 6.24. The lowest BCUT2D eigenvalue weighted by molar-refractivity contribution is 0.0325. The average Bonchev–Trinajstić information content (AvgIpc) is 2.90. The SMILES string of the molecule is C[C@@H]1CN([C@@H](C)CO)C(=O)c2cc(C#Cc3ccncc3)cnc2O[C@H]1CN(C)Cc1ccncc1. The van der Waals surface area contributed by atoms with E-state index in [0.29, 0.717) is 30.1 Å². The van der Waals surface area contributed by atoms with Crippen molar-refractivity contribution in [3.8, 4) is 17.7 Å². The number of aliphatic hydroxyl groups excluding tert-OH is 1. The van der Waals surface area contributed by atoms with Crippen molar-refractivity contribution in [1.29, 1.82) is 0 Å². The Bertz CT molecular complexity index is 1230. The van der Waals surface area contributed by atoms with Gasteiger partial charge >= 0.3 is 0 Å². The van der Waals surface area contributed by atoms with E-state index in [4.69, 9.17) is 4.74 Å². The second kappa shape index (κ2) is 11.8. The summed E-state index contributed by atoms with van der Waals surface area (Å²) in [5.41, 5.74) is 2.94. The van der Waals surface area contributed by atoms with Crippen molar-refractivity contribution in [3.05, 3.63) is 83.6 Å². The summed E-state index contributed by atoms with van der Waals surface area (Å²) in [6, 6.07) is 9.01. The highest BCUT2D eigenvalue weighted by Crippen LogP contribution is 2.27. The lowest BCUT2D eigenvalue weighted by Gasteiger charge is -2.37. The summed E-state index contributed by atoms with van der Waals surface area (Å²) in [6.45, 7) is 5.63. The first kappa shape index (κ1) is 25.3. The predicted molar refractivity (Wildman–Crippen MR) is 136 cm³/mol. The van der Waals surface area contributed by atoms with E-state index in [1.807, 2.05) is 38.2 Å². The molecule has 0 unspecified atom stereocenters. The molecule has 0 bridgehead atoms. The van der Waals surface area contributed by atoms with E-state index < -0.39 is 0 Å². The highest BCUT2D eigenvalue weighted by molar-refractivity contribution is 5.97. The number of carbonyl (C=O) groups excluding carboxylic acids is 1. The third-order valence-electron chi connectivity index (χ3n) is 6.25. The lowest BCUT2D eigenvalue weighted by Crippen LogP contribution is -2.49. The lowest BCUT2D eigenvalue weighted by atomic mass is 9.99. The molecule has 36 heavy (non-hydrogen) atoms. The third-order valence-corrected chi connectivity index (χ3v) is 6.25. The first-order valence-electron chi connectivity index (χ1n) is 12.0. The third kappa shape index (κ3) is 6.25. The predicted octanol–water partition coefficient (Wildman–Crippen LogP) is 2.62. The molecule has 1 aliphatic heterocycles. The molecule has 1 aliphatic rings. The minimum Gasteiger partial charge on any atom is -0.472 e. The molecular weight excluding hydrogens is 454 g/mol. The number of aromatic nitrogens is 3. The molecule has 0 spiro atoms. The molecule has 0 aromatic carbocycles. The van der Waals surface area contributed by atoms with Crippen LogP contribution in [0.3, 0.4) is 0 Å². The fraction of sp³-hybridized carbons (Fsp3) is 0.357. The van der Waals surface area contributed by atoms with Crippen molar-refractivity contribution in [2.24, 2.45) is 5.92 Å². The van der Waals surface area contributed by atoms with Gasteiger partial charge in [-0.3, -0.25) is 19.7 Å². The van der Waals surface area contributed by atoms with Crippen LogP contribution in [0.1, 0.15) is 40.9 Å². The highest BCUT2D eigenvalue weighted by atomic mass is 16.5. The van der Waals surface area contributed by atoms with Gasteiger partial charge in [0.25, 0.3) is 5.91 Å². The Balaban J connectivity index is 1.63. The number of hydrogen-bond donors (Lipinski definition) is 1. The van der Waals surface area contributed by atoms with Gasteiger partial charge in [0, 0.05) is 67.7 Å². The van der Waals surface area contributed by atoms with Crippen LogP contribution in [0.4, 0.5) is 0 Å². The Kier molecular flexibility index (Phi) is 8.26. The summed E-state index contributed by atoms with van der Waals surface area (Å²) in [5, 5.41) is 9.86. The Morgan fingerprint density at radius 2 is 1.81 bits per heavy atom. The summed E-state index contributed by atoms with van der Waals surface area (Å²) >= 11 is 0. The number of rotatable bonds is 6. The summed E-state index contributed by atoms with van der Waals surface area (Å²) in [7, 11) is 2.04. The van der Waals surface area contributed by atoms with Gasteiger partial charge in [0.1, 0.15) is 11.7 Å². The molecule has 3 aromatic rings. The minimum atomic E-state index is -0.340. The number of amides is 1. The second-order valence-electron chi connectivity index (χ2n) is 9.24. The Labute approximate surface area is 212 Å². The zero-order valence-corrected chi connectivity index (χ0v) is 20.8. The van der Waals surface area contributed by atoms with E-state index in [0.717, 1.165) is 17.7 Å². The molecule has 8 heteroatoms. The molecule has 1 amide bonds. The topological polar surface area (TPSA) is 91.7 Å². The summed E-state index contributed by atoms with van der Waals surface area (Å²) in [4.78, 5) is 30.0. The molecule has 3 atom stereocenters. The maximum Gasteiger partial charge on any atom is 0.259 e. The highest BCUT2D eigenvalue weighted by Gasteiger charge is 2.34. The Hall–Kier alpha value is -3.80. The van der Waals surface area contributed by atoms with Gasteiger partial charge in [-0.15, -0.1) is 0 Å². The minimum absolute atomic E-state index is 0.0175. The number of hydrogen-bond acceptors (Lipinski definition) is 7. The first-order valence-corrected chi connectivity index (χ1v) is 12.0. The van der Waals surface area contributed by atoms with Crippen LogP contribution in [-0.2, 0) is 6.54 Å². The zero-order chi connectivity index (χ0) is 25.5.